The van der Waals surface area contributed by atoms with Crippen LogP contribution in [0.4, 0.5) is 5.69 Å². The molecule has 1 aromatic carbocycles. The van der Waals surface area contributed by atoms with Gasteiger partial charge in [0.05, 0.1) is 12.1 Å². The Morgan fingerprint density at radius 2 is 2.25 bits per heavy atom. The minimum Gasteiger partial charge on any atom is -0.322 e. The average molecular weight is 284 g/mol. The van der Waals surface area contributed by atoms with Crippen LogP contribution in [0.1, 0.15) is 28.4 Å². The van der Waals surface area contributed by atoms with Crippen molar-refractivity contribution >= 4 is 22.9 Å². The number of anilines is 1. The number of aryl methyl sites for hydroxylation is 1. The van der Waals surface area contributed by atoms with Crippen LogP contribution in [0.3, 0.4) is 0 Å². The van der Waals surface area contributed by atoms with E-state index in [4.69, 9.17) is 5.73 Å². The number of benzene rings is 1. The highest BCUT2D eigenvalue weighted by Crippen LogP contribution is 2.19. The maximum Gasteiger partial charge on any atom is 0.256 e. The molecule has 3 nitrogen and oxygen atoms in total. The molecule has 1 amide bonds. The van der Waals surface area contributed by atoms with Crippen molar-refractivity contribution in [3.63, 3.8) is 0 Å². The molecule has 0 bridgehead atoms. The lowest BCUT2D eigenvalue weighted by Gasteiger charge is -2.09. The zero-order valence-corrected chi connectivity index (χ0v) is 12.1. The van der Waals surface area contributed by atoms with E-state index in [0.717, 1.165) is 23.2 Å². The lowest BCUT2D eigenvalue weighted by molar-refractivity contribution is 0.102. The van der Waals surface area contributed by atoms with Crippen LogP contribution >= 0.6 is 11.3 Å². The fourth-order valence-corrected chi connectivity index (χ4v) is 2.46. The maximum atomic E-state index is 12.1. The summed E-state index contributed by atoms with van der Waals surface area (Å²) in [5, 5.41) is 6.67. The van der Waals surface area contributed by atoms with E-state index in [1.54, 1.807) is 0 Å². The van der Waals surface area contributed by atoms with Gasteiger partial charge < -0.3 is 11.1 Å². The minimum absolute atomic E-state index is 0.0817. The first-order valence-corrected chi connectivity index (χ1v) is 7.34. The van der Waals surface area contributed by atoms with Gasteiger partial charge in [-0.3, -0.25) is 4.79 Å². The van der Waals surface area contributed by atoms with Gasteiger partial charge in [-0.15, -0.1) is 0 Å². The van der Waals surface area contributed by atoms with E-state index in [1.807, 2.05) is 35.0 Å². The van der Waals surface area contributed by atoms with Crippen LogP contribution < -0.4 is 11.1 Å². The van der Waals surface area contributed by atoms with E-state index >= 15 is 0 Å². The first-order valence-electron chi connectivity index (χ1n) is 6.40. The number of thiophene rings is 1. The highest BCUT2D eigenvalue weighted by molar-refractivity contribution is 7.08. The molecule has 3 N–H and O–H groups in total. The van der Waals surface area contributed by atoms with Crippen molar-refractivity contribution in [1.82, 2.24) is 0 Å². The predicted octanol–water partition coefficient (Wildman–Crippen LogP) is 2.87. The summed E-state index contributed by atoms with van der Waals surface area (Å²) in [6.07, 6.45) is 0.831. The second-order valence-corrected chi connectivity index (χ2v) is 4.98. The number of hydrogen-bond acceptors (Lipinski definition) is 3. The van der Waals surface area contributed by atoms with Gasteiger partial charge in [-0.25, -0.2) is 0 Å². The molecule has 0 atom stereocenters. The number of nitrogens with two attached hydrogens (primary N) is 1. The zero-order chi connectivity index (χ0) is 14.4. The van der Waals surface area contributed by atoms with Crippen LogP contribution in [0.15, 0.2) is 35.0 Å². The Balaban J connectivity index is 2.21. The maximum absolute atomic E-state index is 12.1. The van der Waals surface area contributed by atoms with E-state index in [2.05, 4.69) is 24.1 Å². The van der Waals surface area contributed by atoms with Crippen LogP contribution in [0.2, 0.25) is 0 Å². The molecule has 0 aliphatic rings. The van der Waals surface area contributed by atoms with Crippen molar-refractivity contribution in [3.05, 3.63) is 51.7 Å². The van der Waals surface area contributed by atoms with E-state index in [9.17, 15) is 4.79 Å². The molecule has 2 rings (SSSR count). The van der Waals surface area contributed by atoms with Crippen molar-refractivity contribution in [2.45, 2.75) is 13.3 Å². The third-order valence-corrected chi connectivity index (χ3v) is 3.54. The van der Waals surface area contributed by atoms with Gasteiger partial charge >= 0.3 is 0 Å². The molecule has 1 aromatic heterocycles. The number of hydrogen-bond donors (Lipinski definition) is 2. The summed E-state index contributed by atoms with van der Waals surface area (Å²) in [7, 11) is 0. The van der Waals surface area contributed by atoms with E-state index in [-0.39, 0.29) is 5.91 Å². The van der Waals surface area contributed by atoms with Gasteiger partial charge in [0.25, 0.3) is 5.91 Å². The van der Waals surface area contributed by atoms with Gasteiger partial charge in [0.2, 0.25) is 0 Å². The Bertz CT molecular complexity index is 651. The van der Waals surface area contributed by atoms with Gasteiger partial charge in [-0.1, -0.05) is 18.8 Å². The monoisotopic (exact) mass is 284 g/mol. The van der Waals surface area contributed by atoms with Crippen LogP contribution in [0, 0.1) is 11.8 Å². The standard InChI is InChI=1S/C16H16N2OS/c1-2-13-10-12(4-3-8-17)5-6-15(13)18-16(19)14-7-9-20-11-14/h5-7,9-11H,2,8,17H2,1H3,(H,18,19). The summed E-state index contributed by atoms with van der Waals surface area (Å²) in [4.78, 5) is 12.1. The molecule has 0 aliphatic carbocycles. The molecule has 0 fully saturated rings. The van der Waals surface area contributed by atoms with Crippen LogP contribution in [-0.2, 0) is 6.42 Å². The minimum atomic E-state index is -0.0817. The summed E-state index contributed by atoms with van der Waals surface area (Å²) in [5.41, 5.74) is 8.87. The molecule has 20 heavy (non-hydrogen) atoms. The Morgan fingerprint density at radius 1 is 1.40 bits per heavy atom. The summed E-state index contributed by atoms with van der Waals surface area (Å²) in [6.45, 7) is 2.40. The third-order valence-electron chi connectivity index (χ3n) is 2.85. The van der Waals surface area contributed by atoms with Gasteiger partial charge in [0.1, 0.15) is 0 Å². The molecule has 1 heterocycles. The molecule has 0 saturated carbocycles. The second-order valence-electron chi connectivity index (χ2n) is 4.20. The molecular weight excluding hydrogens is 268 g/mol. The molecule has 0 aliphatic heterocycles. The lowest BCUT2D eigenvalue weighted by Crippen LogP contribution is -2.12. The van der Waals surface area contributed by atoms with Gasteiger partial charge in [-0.2, -0.15) is 11.3 Å². The van der Waals surface area contributed by atoms with Crippen LogP contribution in [-0.4, -0.2) is 12.5 Å². The summed E-state index contributed by atoms with van der Waals surface area (Å²) in [6, 6.07) is 7.59. The molecule has 0 radical (unpaired) electrons. The quantitative estimate of drug-likeness (QED) is 0.852. The third kappa shape index (κ3) is 3.47. The van der Waals surface area contributed by atoms with Gasteiger partial charge in [0, 0.05) is 16.6 Å². The van der Waals surface area contributed by atoms with Crippen LogP contribution in [0.25, 0.3) is 0 Å². The van der Waals surface area contributed by atoms with Gasteiger partial charge in [0.15, 0.2) is 0 Å². The molecule has 0 saturated heterocycles. The Labute approximate surface area is 122 Å². The van der Waals surface area contributed by atoms with Crippen molar-refractivity contribution in [1.29, 1.82) is 0 Å². The number of carbonyl (C=O) groups is 1. The molecule has 0 unspecified atom stereocenters. The molecular formula is C16H16N2OS. The summed E-state index contributed by atoms with van der Waals surface area (Å²) < 4.78 is 0. The highest BCUT2D eigenvalue weighted by atomic mass is 32.1. The van der Waals surface area contributed by atoms with Crippen molar-refractivity contribution < 1.29 is 4.79 Å². The largest absolute Gasteiger partial charge is 0.322 e. The SMILES string of the molecule is CCc1cc(C#CCN)ccc1NC(=O)c1ccsc1. The number of carbonyl (C=O) groups excluding carboxylic acids is 1. The lowest BCUT2D eigenvalue weighted by atomic mass is 10.1. The molecule has 4 heteroatoms. The normalized spacial score (nSPS) is 9.70. The molecule has 0 spiro atoms. The number of nitrogens with one attached hydrogen (secondary N) is 1. The Hall–Kier alpha value is -2.09. The summed E-state index contributed by atoms with van der Waals surface area (Å²) in [5.74, 6) is 5.75. The van der Waals surface area contributed by atoms with E-state index in [1.165, 1.54) is 11.3 Å². The Kier molecular flexibility index (Phi) is 4.94. The average Bonchev–Trinajstić information content (AvgIpc) is 3.00. The van der Waals surface area contributed by atoms with Crippen molar-refractivity contribution in [2.24, 2.45) is 5.73 Å². The fourth-order valence-electron chi connectivity index (χ4n) is 1.83. The van der Waals surface area contributed by atoms with Crippen molar-refractivity contribution in [3.8, 4) is 11.8 Å². The topological polar surface area (TPSA) is 55.1 Å². The van der Waals surface area contributed by atoms with E-state index < -0.39 is 0 Å². The fraction of sp³-hybridized carbons (Fsp3) is 0.188. The molecule has 102 valence electrons. The highest BCUT2D eigenvalue weighted by Gasteiger charge is 2.09. The second kappa shape index (κ2) is 6.90. The smallest absolute Gasteiger partial charge is 0.256 e. The number of amides is 1. The first-order chi connectivity index (χ1) is 9.74. The first kappa shape index (κ1) is 14.3. The summed E-state index contributed by atoms with van der Waals surface area (Å²) >= 11 is 1.51. The Morgan fingerprint density at radius 3 is 2.90 bits per heavy atom. The van der Waals surface area contributed by atoms with Gasteiger partial charge in [-0.05, 0) is 41.6 Å². The molecule has 2 aromatic rings. The van der Waals surface area contributed by atoms with Crippen LogP contribution in [0.5, 0.6) is 0 Å². The zero-order valence-electron chi connectivity index (χ0n) is 11.3. The van der Waals surface area contributed by atoms with Crippen molar-refractivity contribution in [2.75, 3.05) is 11.9 Å². The number of rotatable bonds is 3. The predicted molar refractivity (Wildman–Crippen MR) is 84.0 cm³/mol. The van der Waals surface area contributed by atoms with E-state index in [0.29, 0.717) is 12.1 Å².